The summed E-state index contributed by atoms with van der Waals surface area (Å²) < 4.78 is 5.04. The van der Waals surface area contributed by atoms with E-state index in [1.807, 2.05) is 20.8 Å². The second kappa shape index (κ2) is 6.73. The van der Waals surface area contributed by atoms with Crippen LogP contribution in [-0.4, -0.2) is 49.6 Å². The first-order chi connectivity index (χ1) is 8.45. The molecule has 1 N–H and O–H groups in total. The summed E-state index contributed by atoms with van der Waals surface area (Å²) in [6.07, 6.45) is 0.317. The summed E-state index contributed by atoms with van der Waals surface area (Å²) in [6, 6.07) is 0.0328. The highest BCUT2D eigenvalue weighted by molar-refractivity contribution is 5.89. The number of rotatable bonds is 6. The summed E-state index contributed by atoms with van der Waals surface area (Å²) in [6.45, 7) is 7.71. The monoisotopic (exact) mass is 256 g/mol. The van der Waals surface area contributed by atoms with Crippen LogP contribution in [0, 0.1) is 11.8 Å². The Kier molecular flexibility index (Phi) is 5.59. The van der Waals surface area contributed by atoms with E-state index in [0.29, 0.717) is 32.0 Å². The van der Waals surface area contributed by atoms with Gasteiger partial charge in [-0.1, -0.05) is 13.8 Å². The van der Waals surface area contributed by atoms with Crippen molar-refractivity contribution in [1.29, 1.82) is 0 Å². The molecule has 18 heavy (non-hydrogen) atoms. The predicted octanol–water partition coefficient (Wildman–Crippen LogP) is 0.642. The molecule has 104 valence electrons. The van der Waals surface area contributed by atoms with E-state index in [1.54, 1.807) is 12.0 Å². The van der Waals surface area contributed by atoms with Crippen molar-refractivity contribution in [3.8, 4) is 0 Å². The van der Waals surface area contributed by atoms with E-state index in [1.165, 1.54) is 0 Å². The van der Waals surface area contributed by atoms with Crippen molar-refractivity contribution in [3.63, 3.8) is 0 Å². The molecule has 0 radical (unpaired) electrons. The zero-order valence-electron chi connectivity index (χ0n) is 11.7. The van der Waals surface area contributed by atoms with E-state index in [9.17, 15) is 9.59 Å². The number of amides is 2. The Labute approximate surface area is 109 Å². The van der Waals surface area contributed by atoms with Crippen molar-refractivity contribution in [2.75, 3.05) is 26.8 Å². The third-order valence-electron chi connectivity index (χ3n) is 3.15. The van der Waals surface area contributed by atoms with Gasteiger partial charge in [-0.3, -0.25) is 9.59 Å². The summed E-state index contributed by atoms with van der Waals surface area (Å²) in [7, 11) is 1.61. The fraction of sp³-hybridized carbons (Fsp3) is 0.846. The molecule has 1 aliphatic heterocycles. The summed E-state index contributed by atoms with van der Waals surface area (Å²) in [4.78, 5) is 25.5. The van der Waals surface area contributed by atoms with Crippen molar-refractivity contribution < 1.29 is 14.3 Å². The van der Waals surface area contributed by atoms with Gasteiger partial charge in [0, 0.05) is 26.6 Å². The molecule has 0 aromatic heterocycles. The van der Waals surface area contributed by atoms with Crippen LogP contribution in [0.1, 0.15) is 27.2 Å². The van der Waals surface area contributed by atoms with Crippen LogP contribution in [0.25, 0.3) is 0 Å². The van der Waals surface area contributed by atoms with Crippen molar-refractivity contribution in [1.82, 2.24) is 10.2 Å². The maximum atomic E-state index is 11.9. The van der Waals surface area contributed by atoms with E-state index in [4.69, 9.17) is 4.74 Å². The maximum Gasteiger partial charge on any atom is 0.225 e. The molecule has 5 heteroatoms. The highest BCUT2D eigenvalue weighted by Crippen LogP contribution is 2.20. The van der Waals surface area contributed by atoms with Crippen LogP contribution in [0.2, 0.25) is 0 Å². The first kappa shape index (κ1) is 15.0. The zero-order chi connectivity index (χ0) is 13.7. The number of hydrogen-bond acceptors (Lipinski definition) is 3. The fourth-order valence-electron chi connectivity index (χ4n) is 2.11. The van der Waals surface area contributed by atoms with Gasteiger partial charge in [0.1, 0.15) is 0 Å². The van der Waals surface area contributed by atoms with Crippen LogP contribution < -0.4 is 5.32 Å². The van der Waals surface area contributed by atoms with E-state index >= 15 is 0 Å². The molecule has 0 bridgehead atoms. The van der Waals surface area contributed by atoms with E-state index in [-0.39, 0.29) is 23.8 Å². The molecule has 0 spiro atoms. The van der Waals surface area contributed by atoms with Gasteiger partial charge in [0.2, 0.25) is 11.8 Å². The number of nitrogens with one attached hydrogen (secondary N) is 1. The number of ether oxygens (including phenoxy) is 1. The highest BCUT2D eigenvalue weighted by atomic mass is 16.5. The Morgan fingerprint density at radius 2 is 2.17 bits per heavy atom. The molecule has 0 aliphatic carbocycles. The molecular weight excluding hydrogens is 232 g/mol. The standard InChI is InChI=1S/C13H24N2O3/c1-9(2)6-14-13(17)11-5-12(16)15(7-11)10(3)8-18-4/h9-11H,5-8H2,1-4H3,(H,14,17)/t10-,11+/m1/s1. The van der Waals surface area contributed by atoms with Gasteiger partial charge in [-0.15, -0.1) is 0 Å². The van der Waals surface area contributed by atoms with Gasteiger partial charge < -0.3 is 15.0 Å². The molecule has 1 rings (SSSR count). The fourth-order valence-corrected chi connectivity index (χ4v) is 2.11. The minimum atomic E-state index is -0.212. The van der Waals surface area contributed by atoms with Gasteiger partial charge in [0.05, 0.1) is 18.6 Å². The number of hydrogen-bond donors (Lipinski definition) is 1. The van der Waals surface area contributed by atoms with Crippen molar-refractivity contribution in [2.45, 2.75) is 33.2 Å². The average Bonchev–Trinajstić information content (AvgIpc) is 2.68. The molecular formula is C13H24N2O3. The number of carbonyl (C=O) groups excluding carboxylic acids is 2. The molecule has 1 fully saturated rings. The van der Waals surface area contributed by atoms with Crippen LogP contribution in [-0.2, 0) is 14.3 Å². The van der Waals surface area contributed by atoms with Gasteiger partial charge in [-0.05, 0) is 12.8 Å². The van der Waals surface area contributed by atoms with Gasteiger partial charge in [-0.2, -0.15) is 0 Å². The quantitative estimate of drug-likeness (QED) is 0.759. The Morgan fingerprint density at radius 1 is 1.50 bits per heavy atom. The third-order valence-corrected chi connectivity index (χ3v) is 3.15. The van der Waals surface area contributed by atoms with Crippen molar-refractivity contribution in [3.05, 3.63) is 0 Å². The first-order valence-electron chi connectivity index (χ1n) is 6.51. The summed E-state index contributed by atoms with van der Waals surface area (Å²) in [5.41, 5.74) is 0. The number of likely N-dealkylation sites (tertiary alicyclic amines) is 1. The topological polar surface area (TPSA) is 58.6 Å². The van der Waals surface area contributed by atoms with Crippen LogP contribution in [0.15, 0.2) is 0 Å². The minimum Gasteiger partial charge on any atom is -0.383 e. The molecule has 0 unspecified atom stereocenters. The van der Waals surface area contributed by atoms with Gasteiger partial charge >= 0.3 is 0 Å². The summed E-state index contributed by atoms with van der Waals surface area (Å²) in [5.74, 6) is 0.249. The smallest absolute Gasteiger partial charge is 0.225 e. The molecule has 1 aliphatic rings. The normalized spacial score (nSPS) is 21.5. The number of nitrogens with zero attached hydrogens (tertiary/aromatic N) is 1. The Morgan fingerprint density at radius 3 is 2.72 bits per heavy atom. The summed E-state index contributed by atoms with van der Waals surface area (Å²) in [5, 5.41) is 2.89. The van der Waals surface area contributed by atoms with E-state index in [0.717, 1.165) is 0 Å². The predicted molar refractivity (Wildman–Crippen MR) is 69.0 cm³/mol. The van der Waals surface area contributed by atoms with Crippen LogP contribution in [0.5, 0.6) is 0 Å². The molecule has 5 nitrogen and oxygen atoms in total. The molecule has 2 atom stereocenters. The minimum absolute atomic E-state index is 0.0100. The second-order valence-electron chi connectivity index (χ2n) is 5.39. The first-order valence-corrected chi connectivity index (χ1v) is 6.51. The lowest BCUT2D eigenvalue weighted by molar-refractivity contribution is -0.130. The Bertz CT molecular complexity index is 305. The number of carbonyl (C=O) groups is 2. The Hall–Kier alpha value is -1.10. The van der Waals surface area contributed by atoms with Crippen LogP contribution in [0.4, 0.5) is 0 Å². The maximum absolute atomic E-state index is 11.9. The third kappa shape index (κ3) is 3.98. The van der Waals surface area contributed by atoms with Gasteiger partial charge in [-0.25, -0.2) is 0 Å². The molecule has 0 saturated carbocycles. The van der Waals surface area contributed by atoms with Crippen LogP contribution >= 0.6 is 0 Å². The lowest BCUT2D eigenvalue weighted by atomic mass is 10.1. The van der Waals surface area contributed by atoms with E-state index in [2.05, 4.69) is 5.32 Å². The molecule has 1 saturated heterocycles. The largest absolute Gasteiger partial charge is 0.383 e. The lowest BCUT2D eigenvalue weighted by Crippen LogP contribution is -2.39. The zero-order valence-corrected chi connectivity index (χ0v) is 11.7. The van der Waals surface area contributed by atoms with Crippen molar-refractivity contribution >= 4 is 11.8 Å². The highest BCUT2D eigenvalue weighted by Gasteiger charge is 2.36. The van der Waals surface area contributed by atoms with E-state index < -0.39 is 0 Å². The summed E-state index contributed by atoms with van der Waals surface area (Å²) >= 11 is 0. The van der Waals surface area contributed by atoms with Crippen LogP contribution in [0.3, 0.4) is 0 Å². The molecule has 0 aromatic rings. The SMILES string of the molecule is COC[C@@H](C)N1C[C@@H](C(=O)NCC(C)C)CC1=O. The van der Waals surface area contributed by atoms with Gasteiger partial charge in [0.25, 0.3) is 0 Å². The molecule has 0 aromatic carbocycles. The molecule has 2 amide bonds. The lowest BCUT2D eigenvalue weighted by Gasteiger charge is -2.24. The Balaban J connectivity index is 2.47. The van der Waals surface area contributed by atoms with Crippen molar-refractivity contribution in [2.24, 2.45) is 11.8 Å². The second-order valence-corrected chi connectivity index (χ2v) is 5.39. The number of methoxy groups -OCH3 is 1. The van der Waals surface area contributed by atoms with Gasteiger partial charge in [0.15, 0.2) is 0 Å². The average molecular weight is 256 g/mol. The molecule has 1 heterocycles.